The van der Waals surface area contributed by atoms with Gasteiger partial charge in [0.25, 0.3) is 5.91 Å². The van der Waals surface area contributed by atoms with Gasteiger partial charge in [-0.15, -0.1) is 0 Å². The molecule has 3 aromatic rings. The quantitative estimate of drug-likeness (QED) is 0.718. The van der Waals surface area contributed by atoms with Crippen LogP contribution in [0.15, 0.2) is 48.8 Å². The van der Waals surface area contributed by atoms with Crippen molar-refractivity contribution < 1.29 is 9.53 Å². The number of hydrogen-bond acceptors (Lipinski definition) is 6. The maximum atomic E-state index is 13.0. The van der Waals surface area contributed by atoms with Gasteiger partial charge in [0.2, 0.25) is 5.88 Å². The number of nitrogens with zero attached hydrogens (tertiary/aromatic N) is 4. The predicted molar refractivity (Wildman–Crippen MR) is 105 cm³/mol. The molecule has 4 rings (SSSR count). The SMILES string of the molecule is N#Cc1cccc(Cl)c1-c1ccc(N2CCOc3ncnc(N)c3C2=O)cc1. The number of fused-ring (bicyclic) bond motifs is 1. The molecule has 0 saturated carbocycles. The Morgan fingerprint density at radius 2 is 1.93 bits per heavy atom. The zero-order chi connectivity index (χ0) is 19.7. The first kappa shape index (κ1) is 17.8. The highest BCUT2D eigenvalue weighted by atomic mass is 35.5. The Hall–Kier alpha value is -3.63. The van der Waals surface area contributed by atoms with Crippen LogP contribution in [0.1, 0.15) is 15.9 Å². The summed E-state index contributed by atoms with van der Waals surface area (Å²) in [6.45, 7) is 0.615. The normalized spacial score (nSPS) is 13.3. The Morgan fingerprint density at radius 1 is 1.14 bits per heavy atom. The summed E-state index contributed by atoms with van der Waals surface area (Å²) in [4.78, 5) is 22.4. The van der Waals surface area contributed by atoms with Crippen molar-refractivity contribution in [3.8, 4) is 23.1 Å². The largest absolute Gasteiger partial charge is 0.475 e. The van der Waals surface area contributed by atoms with E-state index >= 15 is 0 Å². The van der Waals surface area contributed by atoms with E-state index in [-0.39, 0.29) is 29.8 Å². The van der Waals surface area contributed by atoms with Crippen molar-refractivity contribution >= 4 is 29.0 Å². The van der Waals surface area contributed by atoms with Crippen LogP contribution in [-0.4, -0.2) is 29.0 Å². The molecule has 138 valence electrons. The highest BCUT2D eigenvalue weighted by Gasteiger charge is 2.28. The van der Waals surface area contributed by atoms with E-state index in [1.54, 1.807) is 35.2 Å². The fourth-order valence-electron chi connectivity index (χ4n) is 3.13. The van der Waals surface area contributed by atoms with Gasteiger partial charge in [-0.3, -0.25) is 4.79 Å². The molecule has 0 unspecified atom stereocenters. The number of ether oxygens (including phenoxy) is 1. The zero-order valence-corrected chi connectivity index (χ0v) is 15.3. The Morgan fingerprint density at radius 3 is 2.68 bits per heavy atom. The molecular formula is C20H14ClN5O2. The van der Waals surface area contributed by atoms with E-state index in [0.29, 0.717) is 28.4 Å². The van der Waals surface area contributed by atoms with Gasteiger partial charge >= 0.3 is 0 Å². The van der Waals surface area contributed by atoms with Crippen LogP contribution in [-0.2, 0) is 0 Å². The first-order chi connectivity index (χ1) is 13.6. The van der Waals surface area contributed by atoms with Crippen molar-refractivity contribution in [3.05, 3.63) is 64.9 Å². The van der Waals surface area contributed by atoms with Crippen LogP contribution >= 0.6 is 11.6 Å². The molecule has 8 heteroatoms. The Kier molecular flexibility index (Phi) is 4.55. The Balaban J connectivity index is 1.71. The monoisotopic (exact) mass is 391 g/mol. The number of nitriles is 1. The zero-order valence-electron chi connectivity index (χ0n) is 14.6. The molecule has 28 heavy (non-hydrogen) atoms. The Labute approximate surface area is 166 Å². The van der Waals surface area contributed by atoms with E-state index in [0.717, 1.165) is 5.56 Å². The van der Waals surface area contributed by atoms with Crippen molar-refractivity contribution in [3.63, 3.8) is 0 Å². The number of carbonyl (C=O) groups excluding carboxylic acids is 1. The Bertz CT molecular complexity index is 1110. The van der Waals surface area contributed by atoms with Crippen LogP contribution in [0.2, 0.25) is 5.02 Å². The summed E-state index contributed by atoms with van der Waals surface area (Å²) in [6, 6.07) is 14.6. The van der Waals surface area contributed by atoms with E-state index in [1.165, 1.54) is 6.33 Å². The number of hydrogen-bond donors (Lipinski definition) is 1. The van der Waals surface area contributed by atoms with Crippen molar-refractivity contribution in [2.45, 2.75) is 0 Å². The number of nitrogen functional groups attached to an aromatic ring is 1. The summed E-state index contributed by atoms with van der Waals surface area (Å²) in [5.74, 6) is -0.0617. The summed E-state index contributed by atoms with van der Waals surface area (Å²) in [5, 5.41) is 9.84. The van der Waals surface area contributed by atoms with Crippen LogP contribution in [0.4, 0.5) is 11.5 Å². The second kappa shape index (κ2) is 7.18. The molecule has 0 saturated heterocycles. The molecule has 0 radical (unpaired) electrons. The van der Waals surface area contributed by atoms with Gasteiger partial charge in [-0.1, -0.05) is 29.8 Å². The topological polar surface area (TPSA) is 105 Å². The molecule has 7 nitrogen and oxygen atoms in total. The number of benzene rings is 2. The molecule has 0 aliphatic carbocycles. The van der Waals surface area contributed by atoms with E-state index in [1.807, 2.05) is 12.1 Å². The average Bonchev–Trinajstić information content (AvgIpc) is 2.87. The van der Waals surface area contributed by atoms with E-state index in [2.05, 4.69) is 16.0 Å². The molecule has 0 bridgehead atoms. The molecule has 2 N–H and O–H groups in total. The number of aromatic nitrogens is 2. The minimum atomic E-state index is -0.325. The van der Waals surface area contributed by atoms with Crippen molar-refractivity contribution in [1.82, 2.24) is 9.97 Å². The van der Waals surface area contributed by atoms with Gasteiger partial charge in [-0.25, -0.2) is 9.97 Å². The lowest BCUT2D eigenvalue weighted by Crippen LogP contribution is -2.32. The van der Waals surface area contributed by atoms with E-state index in [9.17, 15) is 10.1 Å². The van der Waals surface area contributed by atoms with Crippen molar-refractivity contribution in [2.24, 2.45) is 0 Å². The number of amides is 1. The van der Waals surface area contributed by atoms with Crippen LogP contribution in [0.3, 0.4) is 0 Å². The van der Waals surface area contributed by atoms with Crippen LogP contribution < -0.4 is 15.4 Å². The highest BCUT2D eigenvalue weighted by molar-refractivity contribution is 6.33. The molecule has 1 aliphatic heterocycles. The van der Waals surface area contributed by atoms with Crippen LogP contribution in [0.5, 0.6) is 5.88 Å². The number of anilines is 2. The van der Waals surface area contributed by atoms with Gasteiger partial charge in [0.1, 0.15) is 24.3 Å². The fourth-order valence-corrected chi connectivity index (χ4v) is 3.41. The third-order valence-corrected chi connectivity index (χ3v) is 4.77. The minimum Gasteiger partial charge on any atom is -0.475 e. The van der Waals surface area contributed by atoms with Crippen molar-refractivity contribution in [1.29, 1.82) is 5.26 Å². The third kappa shape index (κ3) is 3.00. The lowest BCUT2D eigenvalue weighted by molar-refractivity contribution is 0.0990. The lowest BCUT2D eigenvalue weighted by Gasteiger charge is -2.20. The lowest BCUT2D eigenvalue weighted by atomic mass is 10.00. The minimum absolute atomic E-state index is 0.0771. The first-order valence-electron chi connectivity index (χ1n) is 8.44. The summed E-state index contributed by atoms with van der Waals surface area (Å²) in [6.07, 6.45) is 1.27. The van der Waals surface area contributed by atoms with Gasteiger partial charge in [-0.05, 0) is 29.8 Å². The standard InChI is InChI=1S/C20H14ClN5O2/c21-15-3-1-2-13(10-22)16(15)12-4-6-14(7-5-12)26-8-9-28-19-17(20(26)27)18(23)24-11-25-19/h1-7,11H,8-9H2,(H2,23,24,25). The smallest absolute Gasteiger partial charge is 0.267 e. The molecule has 0 atom stereocenters. The number of nitrogens with two attached hydrogens (primary N) is 1. The molecule has 0 spiro atoms. The fraction of sp³-hybridized carbons (Fsp3) is 0.100. The number of rotatable bonds is 2. The highest BCUT2D eigenvalue weighted by Crippen LogP contribution is 2.33. The first-order valence-corrected chi connectivity index (χ1v) is 8.82. The second-order valence-corrected chi connectivity index (χ2v) is 6.47. The number of halogens is 1. The molecule has 2 aromatic carbocycles. The van der Waals surface area contributed by atoms with Gasteiger partial charge in [0, 0.05) is 16.3 Å². The van der Waals surface area contributed by atoms with Crippen LogP contribution in [0.25, 0.3) is 11.1 Å². The molecular weight excluding hydrogens is 378 g/mol. The average molecular weight is 392 g/mol. The van der Waals surface area contributed by atoms with Gasteiger partial charge in [-0.2, -0.15) is 5.26 Å². The van der Waals surface area contributed by atoms with Crippen LogP contribution in [0, 0.1) is 11.3 Å². The van der Waals surface area contributed by atoms with Crippen molar-refractivity contribution in [2.75, 3.05) is 23.8 Å². The maximum absolute atomic E-state index is 13.0. The summed E-state index contributed by atoms with van der Waals surface area (Å²) in [7, 11) is 0. The number of carbonyl (C=O) groups is 1. The molecule has 1 aromatic heterocycles. The van der Waals surface area contributed by atoms with Gasteiger partial charge in [0.05, 0.1) is 18.2 Å². The van der Waals surface area contributed by atoms with E-state index < -0.39 is 0 Å². The predicted octanol–water partition coefficient (Wildman–Crippen LogP) is 3.29. The molecule has 1 amide bonds. The van der Waals surface area contributed by atoms with E-state index in [4.69, 9.17) is 22.1 Å². The summed E-state index contributed by atoms with van der Waals surface area (Å²) in [5.41, 5.74) is 8.62. The molecule has 2 heterocycles. The second-order valence-electron chi connectivity index (χ2n) is 6.07. The third-order valence-electron chi connectivity index (χ3n) is 4.46. The maximum Gasteiger partial charge on any atom is 0.267 e. The van der Waals surface area contributed by atoms with Gasteiger partial charge < -0.3 is 15.4 Å². The summed E-state index contributed by atoms with van der Waals surface area (Å²) >= 11 is 6.29. The van der Waals surface area contributed by atoms with Gasteiger partial charge in [0.15, 0.2) is 0 Å². The summed E-state index contributed by atoms with van der Waals surface area (Å²) < 4.78 is 5.54. The molecule has 1 aliphatic rings. The molecule has 0 fully saturated rings.